The molecule has 0 heterocycles. The third-order valence-electron chi connectivity index (χ3n) is 1.34. The summed E-state index contributed by atoms with van der Waals surface area (Å²) in [7, 11) is 0. The van der Waals surface area contributed by atoms with Gasteiger partial charge in [0.25, 0.3) is 0 Å². The fraction of sp³-hybridized carbons (Fsp3) is 0.833. The van der Waals surface area contributed by atoms with Crippen molar-refractivity contribution in [3.63, 3.8) is 0 Å². The van der Waals surface area contributed by atoms with Gasteiger partial charge in [0.1, 0.15) is 6.67 Å². The van der Waals surface area contributed by atoms with E-state index in [0.717, 1.165) is 12.8 Å². The van der Waals surface area contributed by atoms with E-state index in [-0.39, 0.29) is 18.4 Å². The first-order valence-electron chi connectivity index (χ1n) is 3.18. The normalized spacial score (nSPS) is 17.4. The van der Waals surface area contributed by atoms with E-state index in [9.17, 15) is 9.18 Å². The average Bonchev–Trinajstić information content (AvgIpc) is 2.63. The average molecular weight is 131 g/mol. The zero-order valence-electron chi connectivity index (χ0n) is 5.19. The van der Waals surface area contributed by atoms with Crippen LogP contribution in [0.25, 0.3) is 0 Å². The number of amides is 1. The highest BCUT2D eigenvalue weighted by Gasteiger charge is 2.28. The Morgan fingerprint density at radius 1 is 1.67 bits per heavy atom. The van der Waals surface area contributed by atoms with Gasteiger partial charge in [-0.3, -0.25) is 4.79 Å². The molecule has 1 amide bonds. The molecule has 0 bridgehead atoms. The summed E-state index contributed by atoms with van der Waals surface area (Å²) in [5, 5.41) is 2.48. The van der Waals surface area contributed by atoms with Gasteiger partial charge < -0.3 is 5.32 Å². The minimum absolute atomic E-state index is 0.0210. The third kappa shape index (κ3) is 2.00. The van der Waals surface area contributed by atoms with E-state index in [0.29, 0.717) is 0 Å². The van der Waals surface area contributed by atoms with Crippen LogP contribution in [-0.4, -0.2) is 19.1 Å². The summed E-state index contributed by atoms with van der Waals surface area (Å²) in [4.78, 5) is 10.7. The molecule has 1 saturated carbocycles. The van der Waals surface area contributed by atoms with Crippen molar-refractivity contribution in [1.29, 1.82) is 0 Å². The number of hydrogen-bond donors (Lipinski definition) is 1. The standard InChI is InChI=1S/C6H10FNO/c7-3-4-8-6(9)5-1-2-5/h5H,1-4H2,(H,8,9). The number of nitrogens with one attached hydrogen (secondary N) is 1. The molecule has 1 N–H and O–H groups in total. The molecule has 0 aromatic rings. The number of hydrogen-bond acceptors (Lipinski definition) is 1. The second-order valence-electron chi connectivity index (χ2n) is 2.25. The monoisotopic (exact) mass is 131 g/mol. The Bertz CT molecular complexity index is 112. The van der Waals surface area contributed by atoms with Crippen LogP contribution >= 0.6 is 0 Å². The van der Waals surface area contributed by atoms with Crippen LogP contribution in [0, 0.1) is 5.92 Å². The Kier molecular flexibility index (Phi) is 2.03. The Hall–Kier alpha value is -0.600. The molecule has 0 aromatic carbocycles. The van der Waals surface area contributed by atoms with Gasteiger partial charge in [0.2, 0.25) is 5.91 Å². The van der Waals surface area contributed by atoms with Gasteiger partial charge >= 0.3 is 0 Å². The highest BCUT2D eigenvalue weighted by Crippen LogP contribution is 2.28. The highest BCUT2D eigenvalue weighted by molar-refractivity contribution is 5.80. The molecular weight excluding hydrogens is 121 g/mol. The van der Waals surface area contributed by atoms with Gasteiger partial charge in [-0.05, 0) is 12.8 Å². The third-order valence-corrected chi connectivity index (χ3v) is 1.34. The van der Waals surface area contributed by atoms with Crippen molar-refractivity contribution in [2.24, 2.45) is 5.92 Å². The van der Waals surface area contributed by atoms with Crippen molar-refractivity contribution in [2.75, 3.05) is 13.2 Å². The summed E-state index contributed by atoms with van der Waals surface area (Å²) in [6, 6.07) is 0. The summed E-state index contributed by atoms with van der Waals surface area (Å²) in [6.07, 6.45) is 1.97. The van der Waals surface area contributed by atoms with Gasteiger partial charge in [-0.2, -0.15) is 0 Å². The molecule has 0 radical (unpaired) electrons. The first-order chi connectivity index (χ1) is 4.34. The molecule has 0 unspecified atom stereocenters. The molecule has 52 valence electrons. The zero-order chi connectivity index (χ0) is 6.69. The first kappa shape index (κ1) is 6.52. The Balaban J connectivity index is 2.03. The molecule has 0 aromatic heterocycles. The molecule has 0 spiro atoms. The van der Waals surface area contributed by atoms with E-state index in [4.69, 9.17) is 0 Å². The summed E-state index contributed by atoms with van der Waals surface area (Å²) in [5.74, 6) is 0.226. The number of carbonyl (C=O) groups excluding carboxylic acids is 1. The van der Waals surface area contributed by atoms with Crippen molar-refractivity contribution in [1.82, 2.24) is 5.32 Å². The van der Waals surface area contributed by atoms with E-state index in [1.165, 1.54) is 0 Å². The molecule has 9 heavy (non-hydrogen) atoms. The van der Waals surface area contributed by atoms with E-state index in [2.05, 4.69) is 5.32 Å². The van der Waals surface area contributed by atoms with Crippen LogP contribution in [0.3, 0.4) is 0 Å². The zero-order valence-corrected chi connectivity index (χ0v) is 5.19. The number of rotatable bonds is 3. The van der Waals surface area contributed by atoms with E-state index < -0.39 is 6.67 Å². The molecule has 2 nitrogen and oxygen atoms in total. The Morgan fingerprint density at radius 3 is 2.78 bits per heavy atom. The van der Waals surface area contributed by atoms with Gasteiger partial charge in [-0.25, -0.2) is 4.39 Å². The summed E-state index contributed by atoms with van der Waals surface area (Å²) in [6.45, 7) is -0.284. The van der Waals surface area contributed by atoms with Gasteiger partial charge in [-0.15, -0.1) is 0 Å². The number of carbonyl (C=O) groups is 1. The predicted octanol–water partition coefficient (Wildman–Crippen LogP) is 0.482. The van der Waals surface area contributed by atoms with Crippen molar-refractivity contribution < 1.29 is 9.18 Å². The molecule has 0 aliphatic heterocycles. The first-order valence-corrected chi connectivity index (χ1v) is 3.18. The second-order valence-corrected chi connectivity index (χ2v) is 2.25. The van der Waals surface area contributed by atoms with Crippen LogP contribution in [0.15, 0.2) is 0 Å². The molecule has 3 heteroatoms. The van der Waals surface area contributed by atoms with Crippen molar-refractivity contribution in [3.8, 4) is 0 Å². The van der Waals surface area contributed by atoms with Gasteiger partial charge in [0.05, 0.1) is 0 Å². The van der Waals surface area contributed by atoms with Crippen LogP contribution in [0.4, 0.5) is 4.39 Å². The van der Waals surface area contributed by atoms with Gasteiger partial charge in [-0.1, -0.05) is 0 Å². The Morgan fingerprint density at radius 2 is 2.33 bits per heavy atom. The maximum atomic E-state index is 11.4. The molecule has 0 saturated heterocycles. The van der Waals surface area contributed by atoms with Crippen LogP contribution in [-0.2, 0) is 4.79 Å². The lowest BCUT2D eigenvalue weighted by molar-refractivity contribution is -0.122. The van der Waals surface area contributed by atoms with E-state index in [1.807, 2.05) is 0 Å². The predicted molar refractivity (Wildman–Crippen MR) is 31.7 cm³/mol. The minimum atomic E-state index is -0.460. The van der Waals surface area contributed by atoms with Crippen molar-refractivity contribution in [3.05, 3.63) is 0 Å². The summed E-state index contributed by atoms with van der Waals surface area (Å²) >= 11 is 0. The van der Waals surface area contributed by atoms with Crippen LogP contribution in [0.2, 0.25) is 0 Å². The molecule has 1 fully saturated rings. The molecule has 0 atom stereocenters. The Labute approximate surface area is 53.4 Å². The van der Waals surface area contributed by atoms with Crippen LogP contribution < -0.4 is 5.32 Å². The fourth-order valence-electron chi connectivity index (χ4n) is 0.660. The van der Waals surface area contributed by atoms with E-state index in [1.54, 1.807) is 0 Å². The lowest BCUT2D eigenvalue weighted by Gasteiger charge is -1.97. The number of alkyl halides is 1. The molecule has 1 rings (SSSR count). The largest absolute Gasteiger partial charge is 0.353 e. The maximum Gasteiger partial charge on any atom is 0.223 e. The van der Waals surface area contributed by atoms with Crippen LogP contribution in [0.5, 0.6) is 0 Å². The number of halogens is 1. The second kappa shape index (κ2) is 2.80. The fourth-order valence-corrected chi connectivity index (χ4v) is 0.660. The quantitative estimate of drug-likeness (QED) is 0.593. The smallest absolute Gasteiger partial charge is 0.223 e. The lowest BCUT2D eigenvalue weighted by atomic mass is 10.4. The maximum absolute atomic E-state index is 11.4. The van der Waals surface area contributed by atoms with E-state index >= 15 is 0 Å². The van der Waals surface area contributed by atoms with Gasteiger partial charge in [0, 0.05) is 12.5 Å². The minimum Gasteiger partial charge on any atom is -0.353 e. The van der Waals surface area contributed by atoms with Crippen molar-refractivity contribution >= 4 is 5.91 Å². The molecule has 1 aliphatic carbocycles. The van der Waals surface area contributed by atoms with Crippen molar-refractivity contribution in [2.45, 2.75) is 12.8 Å². The summed E-state index contributed by atoms with van der Waals surface area (Å²) in [5.41, 5.74) is 0. The lowest BCUT2D eigenvalue weighted by Crippen LogP contribution is -2.26. The van der Waals surface area contributed by atoms with Gasteiger partial charge in [0.15, 0.2) is 0 Å². The SMILES string of the molecule is O=C(NCCF)C1CC1. The summed E-state index contributed by atoms with van der Waals surface area (Å²) < 4.78 is 11.4. The highest BCUT2D eigenvalue weighted by atomic mass is 19.1. The topological polar surface area (TPSA) is 29.1 Å². The molecule has 1 aliphatic rings. The van der Waals surface area contributed by atoms with Crippen LogP contribution in [0.1, 0.15) is 12.8 Å². The molecular formula is C6H10FNO.